The van der Waals surface area contributed by atoms with Crippen molar-refractivity contribution in [3.05, 3.63) is 41.1 Å². The van der Waals surface area contributed by atoms with E-state index in [0.717, 1.165) is 11.8 Å². The smallest absolute Gasteiger partial charge is 1.00 e. The van der Waals surface area contributed by atoms with Crippen molar-refractivity contribution >= 4 is 0 Å². The molecule has 3 heteroatoms. The summed E-state index contributed by atoms with van der Waals surface area (Å²) < 4.78 is 3.78. The normalized spacial score (nSPS) is 17.2. The Kier molecular flexibility index (Phi) is 10.6. The van der Waals surface area contributed by atoms with Gasteiger partial charge in [-0.3, -0.25) is 0 Å². The number of hydrogen-bond donors (Lipinski definition) is 0. The van der Waals surface area contributed by atoms with Crippen molar-refractivity contribution in [3.63, 3.8) is 0 Å². The molecule has 0 aromatic rings. The minimum Gasteiger partial charge on any atom is -1.00 e. The van der Waals surface area contributed by atoms with E-state index in [9.17, 15) is 0 Å². The van der Waals surface area contributed by atoms with Gasteiger partial charge in [-0.1, -0.05) is 0 Å². The average molecular weight is 520 g/mol. The van der Waals surface area contributed by atoms with Crippen LogP contribution in [0.3, 0.4) is 0 Å². The molecule has 0 radical (unpaired) electrons. The first-order valence-electron chi connectivity index (χ1n) is 8.43. The summed E-state index contributed by atoms with van der Waals surface area (Å²) in [6, 6.07) is 0. The van der Waals surface area contributed by atoms with Crippen molar-refractivity contribution in [2.24, 2.45) is 11.8 Å². The van der Waals surface area contributed by atoms with Crippen molar-refractivity contribution in [2.75, 3.05) is 0 Å². The van der Waals surface area contributed by atoms with Gasteiger partial charge >= 0.3 is 143 Å². The fraction of sp³-hybridized carbons (Fsp3) is 0.600. The molecular weight excluding hydrogens is 490 g/mol. The molecule has 0 spiro atoms. The Morgan fingerprint density at radius 1 is 0.783 bits per heavy atom. The molecule has 0 saturated heterocycles. The van der Waals surface area contributed by atoms with E-state index in [-0.39, 0.29) is 24.8 Å². The molecule has 0 saturated carbocycles. The van der Waals surface area contributed by atoms with Crippen LogP contribution >= 0.6 is 0 Å². The maximum Gasteiger partial charge on any atom is -1.00 e. The second kappa shape index (κ2) is 10.4. The van der Waals surface area contributed by atoms with Crippen LogP contribution in [-0.4, -0.2) is 0 Å². The molecule has 0 aromatic carbocycles. The molecule has 0 aromatic heterocycles. The molecule has 128 valence electrons. The van der Waals surface area contributed by atoms with Gasteiger partial charge in [0, 0.05) is 0 Å². The summed E-state index contributed by atoms with van der Waals surface area (Å²) in [5.74, 6) is 1.57. The third kappa shape index (κ3) is 6.33. The molecular formula is C20H30Cl2Hf. The fourth-order valence-electron chi connectivity index (χ4n) is 3.30. The van der Waals surface area contributed by atoms with E-state index >= 15 is 0 Å². The SMILES string of the molecule is CC1=CC[C]([Hf+2][C]2=C(CC(C)C)C(C)=CC2)=C1CC(C)C.[Cl-].[Cl-]. The molecule has 23 heavy (non-hydrogen) atoms. The molecule has 0 aliphatic heterocycles. The molecule has 0 nitrogen and oxygen atoms in total. The van der Waals surface area contributed by atoms with Gasteiger partial charge in [-0.15, -0.1) is 0 Å². The third-order valence-electron chi connectivity index (χ3n) is 4.43. The quantitative estimate of drug-likeness (QED) is 0.445. The number of hydrogen-bond acceptors (Lipinski definition) is 0. The fourth-order valence-corrected chi connectivity index (χ4v) is 9.31. The largest absolute Gasteiger partial charge is 1.00 e. The first-order valence-corrected chi connectivity index (χ1v) is 12.0. The standard InChI is InChI=1S/2C10H15.2ClH.Hf/c2*1-8(2)7-10-6-4-5-9(10)3;;;/h2*5,8H,4,7H2,1-3H3;2*1H;/q;;;;+2/p-2. The number of rotatable bonds is 6. The summed E-state index contributed by atoms with van der Waals surface area (Å²) in [4.78, 5) is 0. The van der Waals surface area contributed by atoms with E-state index in [4.69, 9.17) is 0 Å². The summed E-state index contributed by atoms with van der Waals surface area (Å²) in [6.07, 6.45) is 10.1. The maximum absolute atomic E-state index is 2.48. The van der Waals surface area contributed by atoms with Gasteiger partial charge in [0.05, 0.1) is 0 Å². The van der Waals surface area contributed by atoms with E-state index in [0.29, 0.717) is 0 Å². The molecule has 0 N–H and O–H groups in total. The molecule has 0 atom stereocenters. The Morgan fingerprint density at radius 3 is 1.43 bits per heavy atom. The molecule has 2 aliphatic rings. The minimum absolute atomic E-state index is 0. The molecule has 0 bridgehead atoms. The van der Waals surface area contributed by atoms with Crippen LogP contribution in [0.2, 0.25) is 0 Å². The van der Waals surface area contributed by atoms with Crippen LogP contribution in [0.5, 0.6) is 0 Å². The minimum atomic E-state index is -0.801. The Labute approximate surface area is 167 Å². The first-order chi connectivity index (χ1) is 9.88. The van der Waals surface area contributed by atoms with Gasteiger partial charge in [-0.05, 0) is 0 Å². The summed E-state index contributed by atoms with van der Waals surface area (Å²) in [7, 11) is 0. The third-order valence-corrected chi connectivity index (χ3v) is 10.2. The zero-order chi connectivity index (χ0) is 15.6. The van der Waals surface area contributed by atoms with Crippen molar-refractivity contribution < 1.29 is 47.7 Å². The van der Waals surface area contributed by atoms with E-state index in [1.165, 1.54) is 25.7 Å². The van der Waals surface area contributed by atoms with Gasteiger partial charge < -0.3 is 24.8 Å². The molecule has 2 rings (SSSR count). The second-order valence-electron chi connectivity index (χ2n) is 7.42. The van der Waals surface area contributed by atoms with Gasteiger partial charge in [0.2, 0.25) is 0 Å². The van der Waals surface area contributed by atoms with Crippen LogP contribution in [-0.2, 0) is 22.9 Å². The molecule has 0 unspecified atom stereocenters. The van der Waals surface area contributed by atoms with Crippen LogP contribution in [0.25, 0.3) is 0 Å². The van der Waals surface area contributed by atoms with Gasteiger partial charge in [0.25, 0.3) is 0 Å². The number of halogens is 2. The van der Waals surface area contributed by atoms with Crippen LogP contribution in [0.15, 0.2) is 41.1 Å². The first kappa shape index (κ1) is 23.4. The van der Waals surface area contributed by atoms with E-state index in [2.05, 4.69) is 53.7 Å². The summed E-state index contributed by atoms with van der Waals surface area (Å²) in [6.45, 7) is 14.1. The van der Waals surface area contributed by atoms with Crippen molar-refractivity contribution in [3.8, 4) is 0 Å². The van der Waals surface area contributed by atoms with Crippen LogP contribution in [0.1, 0.15) is 67.2 Å². The average Bonchev–Trinajstić information content (AvgIpc) is 2.88. The van der Waals surface area contributed by atoms with Crippen molar-refractivity contribution in [2.45, 2.75) is 67.2 Å². The molecule has 0 fully saturated rings. The van der Waals surface area contributed by atoms with E-state index in [1.807, 2.05) is 6.66 Å². The van der Waals surface area contributed by atoms with E-state index < -0.39 is 22.9 Å². The summed E-state index contributed by atoms with van der Waals surface area (Å²) in [5, 5.41) is 0. The summed E-state index contributed by atoms with van der Waals surface area (Å²) >= 11 is -0.801. The van der Waals surface area contributed by atoms with Gasteiger partial charge in [-0.2, -0.15) is 0 Å². The molecule has 0 amide bonds. The van der Waals surface area contributed by atoms with Crippen molar-refractivity contribution in [1.82, 2.24) is 0 Å². The van der Waals surface area contributed by atoms with Gasteiger partial charge in [-0.25, -0.2) is 0 Å². The monoisotopic (exact) mass is 520 g/mol. The molecule has 2 aliphatic carbocycles. The predicted molar refractivity (Wildman–Crippen MR) is 89.7 cm³/mol. The summed E-state index contributed by atoms with van der Waals surface area (Å²) in [5.41, 5.74) is 6.66. The van der Waals surface area contributed by atoms with Gasteiger partial charge in [0.15, 0.2) is 0 Å². The Morgan fingerprint density at radius 2 is 1.13 bits per heavy atom. The molecule has 0 heterocycles. The van der Waals surface area contributed by atoms with Crippen LogP contribution in [0.4, 0.5) is 0 Å². The predicted octanol–water partition coefficient (Wildman–Crippen LogP) is 0.377. The second-order valence-corrected chi connectivity index (χ2v) is 12.7. The number of allylic oxidation sites excluding steroid dienone is 8. The Balaban J connectivity index is 0.00000242. The van der Waals surface area contributed by atoms with Crippen LogP contribution < -0.4 is 24.8 Å². The maximum atomic E-state index is 2.48. The van der Waals surface area contributed by atoms with E-state index in [1.54, 1.807) is 22.3 Å². The topological polar surface area (TPSA) is 0 Å². The van der Waals surface area contributed by atoms with Crippen LogP contribution in [0, 0.1) is 11.8 Å². The zero-order valence-corrected chi connectivity index (χ0v) is 20.5. The Hall–Kier alpha value is 0.410. The van der Waals surface area contributed by atoms with Crippen molar-refractivity contribution in [1.29, 1.82) is 0 Å². The Bertz CT molecular complexity index is 486. The zero-order valence-electron chi connectivity index (χ0n) is 15.4. The van der Waals surface area contributed by atoms with Gasteiger partial charge in [0.1, 0.15) is 0 Å².